The zero-order valence-corrected chi connectivity index (χ0v) is 9.64. The third-order valence-corrected chi connectivity index (χ3v) is 2.79. The fourth-order valence-corrected chi connectivity index (χ4v) is 1.69. The largest absolute Gasteiger partial charge is 0.443 e. The standard InChI is InChI=1S/C14H15BO.CH4/c1-11-3-7-13(8-4-11)15(16)14-9-5-12(2)6-10-14;/h3-10,16H,1-2H3;1H4. The van der Waals surface area contributed by atoms with Gasteiger partial charge in [-0.1, -0.05) is 67.1 Å². The van der Waals surface area contributed by atoms with E-state index in [2.05, 4.69) is 0 Å². The van der Waals surface area contributed by atoms with Gasteiger partial charge in [0.25, 0.3) is 0 Å². The Morgan fingerprint density at radius 1 is 0.706 bits per heavy atom. The fraction of sp³-hybridized carbons (Fsp3) is 0.200. The van der Waals surface area contributed by atoms with Crippen molar-refractivity contribution in [1.82, 2.24) is 0 Å². The molecule has 0 amide bonds. The first-order valence-electron chi connectivity index (χ1n) is 5.48. The summed E-state index contributed by atoms with van der Waals surface area (Å²) in [6.07, 6.45) is 0. The molecule has 0 aliphatic carbocycles. The van der Waals surface area contributed by atoms with E-state index in [1.54, 1.807) is 0 Å². The van der Waals surface area contributed by atoms with Gasteiger partial charge in [-0.15, -0.1) is 0 Å². The molecule has 88 valence electrons. The van der Waals surface area contributed by atoms with Gasteiger partial charge in [0.1, 0.15) is 0 Å². The summed E-state index contributed by atoms with van der Waals surface area (Å²) in [6, 6.07) is 16.0. The molecule has 0 atom stereocenters. The van der Waals surface area contributed by atoms with Crippen LogP contribution in [0, 0.1) is 13.8 Å². The molecule has 2 aromatic rings. The molecule has 0 saturated heterocycles. The maximum atomic E-state index is 10.2. The highest BCUT2D eigenvalue weighted by Gasteiger charge is 2.15. The highest BCUT2D eigenvalue weighted by atomic mass is 16.2. The van der Waals surface area contributed by atoms with E-state index >= 15 is 0 Å². The second-order valence-corrected chi connectivity index (χ2v) is 4.22. The number of hydrogen-bond donors (Lipinski definition) is 1. The molecule has 0 aliphatic rings. The Morgan fingerprint density at radius 2 is 1.00 bits per heavy atom. The van der Waals surface area contributed by atoms with Gasteiger partial charge in [-0.25, -0.2) is 0 Å². The summed E-state index contributed by atoms with van der Waals surface area (Å²) >= 11 is 0. The van der Waals surface area contributed by atoms with Crippen LogP contribution in [-0.4, -0.2) is 11.9 Å². The predicted molar refractivity (Wildman–Crippen MR) is 76.3 cm³/mol. The van der Waals surface area contributed by atoms with Gasteiger partial charge in [-0.05, 0) is 24.8 Å². The summed E-state index contributed by atoms with van der Waals surface area (Å²) in [7, 11) is 0. The minimum atomic E-state index is -0.527. The quantitative estimate of drug-likeness (QED) is 0.777. The summed E-state index contributed by atoms with van der Waals surface area (Å²) < 4.78 is 0. The molecule has 0 radical (unpaired) electrons. The molecular weight excluding hydrogens is 207 g/mol. The van der Waals surface area contributed by atoms with Crippen molar-refractivity contribution in [2.24, 2.45) is 0 Å². The Balaban J connectivity index is 0.00000144. The zero-order chi connectivity index (χ0) is 11.5. The van der Waals surface area contributed by atoms with Crippen LogP contribution < -0.4 is 10.9 Å². The van der Waals surface area contributed by atoms with E-state index in [0.29, 0.717) is 0 Å². The highest BCUT2D eigenvalue weighted by molar-refractivity contribution is 6.78. The Labute approximate surface area is 104 Å². The Kier molecular flexibility index (Phi) is 4.53. The molecule has 2 heteroatoms. The third kappa shape index (κ3) is 3.21. The van der Waals surface area contributed by atoms with E-state index in [1.165, 1.54) is 11.1 Å². The lowest BCUT2D eigenvalue weighted by molar-refractivity contribution is 0.600. The molecule has 2 aromatic carbocycles. The van der Waals surface area contributed by atoms with Gasteiger partial charge in [0, 0.05) is 0 Å². The smallest absolute Gasteiger partial charge is 0.358 e. The molecule has 0 aliphatic heterocycles. The van der Waals surface area contributed by atoms with Gasteiger partial charge >= 0.3 is 6.92 Å². The molecule has 0 bridgehead atoms. The molecule has 1 N–H and O–H groups in total. The summed E-state index contributed by atoms with van der Waals surface area (Å²) in [5, 5.41) is 10.2. The highest BCUT2D eigenvalue weighted by Crippen LogP contribution is 1.97. The molecule has 0 fully saturated rings. The molecule has 1 nitrogen and oxygen atoms in total. The van der Waals surface area contributed by atoms with E-state index in [0.717, 1.165) is 10.9 Å². The normalized spacial score (nSPS) is 9.59. The van der Waals surface area contributed by atoms with Gasteiger partial charge in [-0.3, -0.25) is 0 Å². The van der Waals surface area contributed by atoms with E-state index in [9.17, 15) is 5.02 Å². The third-order valence-electron chi connectivity index (χ3n) is 2.79. The van der Waals surface area contributed by atoms with E-state index < -0.39 is 6.92 Å². The van der Waals surface area contributed by atoms with Crippen molar-refractivity contribution in [3.05, 3.63) is 59.7 Å². The molecule has 17 heavy (non-hydrogen) atoms. The lowest BCUT2D eigenvalue weighted by Gasteiger charge is -2.07. The first-order chi connectivity index (χ1) is 7.66. The van der Waals surface area contributed by atoms with Crippen LogP contribution in [0.4, 0.5) is 0 Å². The molecule has 0 aromatic heterocycles. The average molecular weight is 226 g/mol. The van der Waals surface area contributed by atoms with Crippen molar-refractivity contribution in [1.29, 1.82) is 0 Å². The topological polar surface area (TPSA) is 20.2 Å². The molecular formula is C15H19BO. The number of hydrogen-bond acceptors (Lipinski definition) is 1. The van der Waals surface area contributed by atoms with Crippen molar-refractivity contribution >= 4 is 17.8 Å². The molecule has 0 spiro atoms. The van der Waals surface area contributed by atoms with Crippen LogP contribution in [0.25, 0.3) is 0 Å². The Morgan fingerprint density at radius 3 is 1.29 bits per heavy atom. The minimum Gasteiger partial charge on any atom is -0.443 e. The summed E-state index contributed by atoms with van der Waals surface area (Å²) in [6.45, 7) is 3.56. The minimum absolute atomic E-state index is 0. The van der Waals surface area contributed by atoms with Gasteiger partial charge in [0.15, 0.2) is 0 Å². The van der Waals surface area contributed by atoms with Crippen LogP contribution >= 0.6 is 0 Å². The van der Waals surface area contributed by atoms with E-state index in [-0.39, 0.29) is 7.43 Å². The first kappa shape index (κ1) is 13.5. The van der Waals surface area contributed by atoms with E-state index in [1.807, 2.05) is 62.4 Å². The molecule has 0 saturated carbocycles. The summed E-state index contributed by atoms with van der Waals surface area (Å²) in [4.78, 5) is 0. The van der Waals surface area contributed by atoms with Crippen LogP contribution in [0.1, 0.15) is 18.6 Å². The average Bonchev–Trinajstić information content (AvgIpc) is 2.30. The van der Waals surface area contributed by atoms with Crippen LogP contribution in [-0.2, 0) is 0 Å². The first-order valence-corrected chi connectivity index (χ1v) is 5.48. The fourth-order valence-electron chi connectivity index (χ4n) is 1.69. The summed E-state index contributed by atoms with van der Waals surface area (Å²) in [5.74, 6) is 0. The van der Waals surface area contributed by atoms with Crippen LogP contribution in [0.5, 0.6) is 0 Å². The van der Waals surface area contributed by atoms with Crippen LogP contribution in [0.3, 0.4) is 0 Å². The van der Waals surface area contributed by atoms with Crippen molar-refractivity contribution in [3.63, 3.8) is 0 Å². The molecule has 0 heterocycles. The maximum Gasteiger partial charge on any atom is 0.358 e. The second kappa shape index (κ2) is 5.69. The van der Waals surface area contributed by atoms with Gasteiger partial charge < -0.3 is 5.02 Å². The lowest BCUT2D eigenvalue weighted by Crippen LogP contribution is -2.42. The van der Waals surface area contributed by atoms with E-state index in [4.69, 9.17) is 0 Å². The number of aryl methyl sites for hydroxylation is 2. The van der Waals surface area contributed by atoms with Crippen molar-refractivity contribution in [3.8, 4) is 0 Å². The lowest BCUT2D eigenvalue weighted by atomic mass is 9.56. The Bertz CT molecular complexity index is 414. The zero-order valence-electron chi connectivity index (χ0n) is 9.64. The molecule has 2 rings (SSSR count). The van der Waals surface area contributed by atoms with Crippen LogP contribution in [0.2, 0.25) is 0 Å². The van der Waals surface area contributed by atoms with Gasteiger partial charge in [0.2, 0.25) is 0 Å². The SMILES string of the molecule is C.Cc1ccc(B(O)c2ccc(C)cc2)cc1. The van der Waals surface area contributed by atoms with Gasteiger partial charge in [-0.2, -0.15) is 0 Å². The number of rotatable bonds is 2. The summed E-state index contributed by atoms with van der Waals surface area (Å²) in [5.41, 5.74) is 4.30. The monoisotopic (exact) mass is 226 g/mol. The second-order valence-electron chi connectivity index (χ2n) is 4.22. The van der Waals surface area contributed by atoms with Crippen molar-refractivity contribution in [2.45, 2.75) is 21.3 Å². The predicted octanol–water partition coefficient (Wildman–Crippen LogP) is 2.04. The number of benzene rings is 2. The van der Waals surface area contributed by atoms with Crippen molar-refractivity contribution in [2.75, 3.05) is 0 Å². The maximum absolute atomic E-state index is 10.2. The van der Waals surface area contributed by atoms with Crippen LogP contribution in [0.15, 0.2) is 48.5 Å². The van der Waals surface area contributed by atoms with Crippen molar-refractivity contribution < 1.29 is 5.02 Å². The Hall–Kier alpha value is -1.54. The van der Waals surface area contributed by atoms with Gasteiger partial charge in [0.05, 0.1) is 0 Å². The molecule has 0 unspecified atom stereocenters.